The molecule has 1 saturated heterocycles. The molecule has 0 radical (unpaired) electrons. The van der Waals surface area contributed by atoms with Crippen LogP contribution in [-0.2, 0) is 61.9 Å². The summed E-state index contributed by atoms with van der Waals surface area (Å²) in [6, 6.07) is 16.0. The molecular weight excluding hydrogens is 768 g/mol. The Hall–Kier alpha value is -5.57. The van der Waals surface area contributed by atoms with Gasteiger partial charge in [0, 0.05) is 52.9 Å². The lowest BCUT2D eigenvalue weighted by atomic mass is 9.53. The molecule has 15 nitrogen and oxygen atoms in total. The molecule has 2 saturated carbocycles. The van der Waals surface area contributed by atoms with Crippen LogP contribution in [0.1, 0.15) is 89.5 Å². The van der Waals surface area contributed by atoms with Crippen molar-refractivity contribution in [2.45, 2.75) is 116 Å². The first-order valence-corrected chi connectivity index (χ1v) is 19.4. The van der Waals surface area contributed by atoms with Crippen molar-refractivity contribution in [1.29, 1.82) is 0 Å². The largest absolute Gasteiger partial charge is 0.461 e. The molecule has 2 bridgehead atoms. The van der Waals surface area contributed by atoms with Crippen molar-refractivity contribution < 1.29 is 71.5 Å². The minimum absolute atomic E-state index is 0.113. The van der Waals surface area contributed by atoms with Gasteiger partial charge in [0.2, 0.25) is 0 Å². The highest BCUT2D eigenvalue weighted by atomic mass is 16.6. The summed E-state index contributed by atoms with van der Waals surface area (Å²) in [4.78, 5) is 94.7. The summed E-state index contributed by atoms with van der Waals surface area (Å²) in [7, 11) is 0. The van der Waals surface area contributed by atoms with Gasteiger partial charge in [-0.25, -0.2) is 9.59 Å². The highest BCUT2D eigenvalue weighted by molar-refractivity contribution is 5.90. The topological polar surface area (TPSA) is 193 Å². The van der Waals surface area contributed by atoms with Crippen LogP contribution in [-0.4, -0.2) is 95.2 Å². The monoisotopic (exact) mass is 818 g/mol. The predicted molar refractivity (Wildman–Crippen MR) is 204 cm³/mol. The van der Waals surface area contributed by atoms with Crippen LogP contribution in [0.25, 0.3) is 0 Å². The summed E-state index contributed by atoms with van der Waals surface area (Å²) in [5, 5.41) is 0. The minimum atomic E-state index is -2.20. The lowest BCUT2D eigenvalue weighted by Crippen LogP contribution is -2.64. The van der Waals surface area contributed by atoms with Gasteiger partial charge in [-0.2, -0.15) is 0 Å². The van der Waals surface area contributed by atoms with Crippen LogP contribution in [0.4, 0.5) is 0 Å². The van der Waals surface area contributed by atoms with E-state index in [0.717, 1.165) is 20.8 Å². The Labute approximate surface area is 341 Å². The molecule has 3 aliphatic carbocycles. The van der Waals surface area contributed by atoms with Crippen molar-refractivity contribution in [2.24, 2.45) is 23.2 Å². The highest BCUT2D eigenvalue weighted by Gasteiger charge is 2.85. The number of ether oxygens (including phenoxy) is 8. The molecule has 0 aromatic heterocycles. The average molecular weight is 819 g/mol. The van der Waals surface area contributed by atoms with Gasteiger partial charge in [-0.15, -0.1) is 0 Å². The number of carbonyl (C=O) groups is 7. The zero-order valence-electron chi connectivity index (χ0n) is 34.5. The Kier molecular flexibility index (Phi) is 11.3. The van der Waals surface area contributed by atoms with E-state index >= 15 is 0 Å². The van der Waals surface area contributed by atoms with Gasteiger partial charge < -0.3 is 37.9 Å². The minimum Gasteiger partial charge on any atom is -0.461 e. The zero-order valence-corrected chi connectivity index (χ0v) is 34.5. The molecule has 6 rings (SSSR count). The molecule has 2 aromatic rings. The van der Waals surface area contributed by atoms with Gasteiger partial charge in [0.05, 0.1) is 29.1 Å². The molecule has 15 heteroatoms. The van der Waals surface area contributed by atoms with Crippen molar-refractivity contribution in [2.75, 3.05) is 6.61 Å². The molecule has 0 unspecified atom stereocenters. The SMILES string of the molecule is CC(=O)O[C@@H]1[C@H]2[C@@H](OC(C)=O)[C@](C)(OC(=O)c3ccccc3)C[C@]2(OC(C)=O)[C@H](OC(=O)c2ccccc2)[C@]2(C)OC[C@]13[C@H](OC(C)=O)C=C[C@H](C(C)(C)OC(C)=O)[C@@H]23. The average Bonchev–Trinajstić information content (AvgIpc) is 3.56. The van der Waals surface area contributed by atoms with Crippen molar-refractivity contribution >= 4 is 41.8 Å². The summed E-state index contributed by atoms with van der Waals surface area (Å²) in [6.45, 7) is 12.0. The van der Waals surface area contributed by atoms with Gasteiger partial charge in [0.15, 0.2) is 23.4 Å². The standard InChI is InChI=1S/C44H50O15/c1-24(45)53-32-21-20-31(40(6,7)57-27(4)48)34-42(9)39(56-37(50)29-16-12-10-13-17-29)44(58-28(5)49)22-41(8,59-38(51)30-18-14-11-15-19-30)35(54-25(2)46)33(44)36(55-26(3)47)43(32,34)23-52-42/h10-21,31-36,39H,22-23H2,1-9H3/t31-,32+,33+,34-,35+,36+,39+,41+,42+,43+,44+/m0/s1. The molecule has 59 heavy (non-hydrogen) atoms. The first-order valence-electron chi connectivity index (χ1n) is 19.4. The van der Waals surface area contributed by atoms with E-state index in [1.165, 1.54) is 45.0 Å². The normalized spacial score (nSPS) is 34.2. The highest BCUT2D eigenvalue weighted by Crippen LogP contribution is 2.70. The van der Waals surface area contributed by atoms with Crippen LogP contribution in [0.2, 0.25) is 0 Å². The van der Waals surface area contributed by atoms with Gasteiger partial charge in [0.25, 0.3) is 0 Å². The molecular formula is C44H50O15. The predicted octanol–water partition coefficient (Wildman–Crippen LogP) is 4.88. The molecule has 316 valence electrons. The molecule has 3 fully saturated rings. The smallest absolute Gasteiger partial charge is 0.338 e. The third kappa shape index (κ3) is 7.49. The second kappa shape index (κ2) is 15.6. The maximum atomic E-state index is 14.5. The maximum Gasteiger partial charge on any atom is 0.338 e. The van der Waals surface area contributed by atoms with E-state index in [0.29, 0.717) is 0 Å². The van der Waals surface area contributed by atoms with Crippen molar-refractivity contribution in [3.8, 4) is 0 Å². The lowest BCUT2D eigenvalue weighted by Gasteiger charge is -2.53. The van der Waals surface area contributed by atoms with Crippen LogP contribution in [0.5, 0.6) is 0 Å². The van der Waals surface area contributed by atoms with E-state index < -0.39 is 118 Å². The first kappa shape index (κ1) is 43.0. The van der Waals surface area contributed by atoms with Crippen molar-refractivity contribution in [3.63, 3.8) is 0 Å². The van der Waals surface area contributed by atoms with Gasteiger partial charge in [-0.3, -0.25) is 24.0 Å². The Bertz CT molecular complexity index is 2050. The number of rotatable bonds is 10. The van der Waals surface area contributed by atoms with Crippen LogP contribution in [0.15, 0.2) is 72.8 Å². The van der Waals surface area contributed by atoms with E-state index in [9.17, 15) is 33.6 Å². The fourth-order valence-electron chi connectivity index (χ4n) is 10.5. The molecule has 1 aliphatic heterocycles. The quantitative estimate of drug-likeness (QED) is 0.179. The Morgan fingerprint density at radius 2 is 1.19 bits per heavy atom. The summed E-state index contributed by atoms with van der Waals surface area (Å²) in [5.41, 5.74) is -8.67. The molecule has 2 aromatic carbocycles. The van der Waals surface area contributed by atoms with Gasteiger partial charge in [0.1, 0.15) is 23.4 Å². The maximum absolute atomic E-state index is 14.5. The van der Waals surface area contributed by atoms with Gasteiger partial charge in [-0.05, 0) is 58.0 Å². The molecule has 0 spiro atoms. The zero-order chi connectivity index (χ0) is 43.3. The van der Waals surface area contributed by atoms with E-state index in [-0.39, 0.29) is 17.7 Å². The fourth-order valence-corrected chi connectivity index (χ4v) is 10.5. The summed E-state index contributed by atoms with van der Waals surface area (Å²) in [5.74, 6) is -9.01. The number of fused-ring (bicyclic) bond motifs is 1. The van der Waals surface area contributed by atoms with E-state index in [2.05, 4.69) is 0 Å². The summed E-state index contributed by atoms with van der Waals surface area (Å²) < 4.78 is 50.8. The van der Waals surface area contributed by atoms with E-state index in [4.69, 9.17) is 37.9 Å². The molecule has 11 atom stereocenters. The summed E-state index contributed by atoms with van der Waals surface area (Å²) >= 11 is 0. The lowest BCUT2D eigenvalue weighted by molar-refractivity contribution is -0.239. The van der Waals surface area contributed by atoms with E-state index in [1.54, 1.807) is 69.3 Å². The van der Waals surface area contributed by atoms with Crippen molar-refractivity contribution in [1.82, 2.24) is 0 Å². The van der Waals surface area contributed by atoms with E-state index in [1.807, 2.05) is 0 Å². The fraction of sp³-hybridized carbons (Fsp3) is 0.523. The molecule has 0 N–H and O–H groups in total. The number of hydrogen-bond donors (Lipinski definition) is 0. The molecule has 0 amide bonds. The Morgan fingerprint density at radius 3 is 1.71 bits per heavy atom. The first-order chi connectivity index (χ1) is 27.6. The van der Waals surface area contributed by atoms with Gasteiger partial charge >= 0.3 is 41.8 Å². The second-order valence-corrected chi connectivity index (χ2v) is 16.7. The molecule has 1 heterocycles. The van der Waals surface area contributed by atoms with Crippen LogP contribution >= 0.6 is 0 Å². The Balaban J connectivity index is 1.73. The number of carbonyl (C=O) groups excluding carboxylic acids is 7. The van der Waals surface area contributed by atoms with Crippen molar-refractivity contribution in [3.05, 3.63) is 83.9 Å². The third-order valence-electron chi connectivity index (χ3n) is 12.1. The van der Waals surface area contributed by atoms with Crippen LogP contribution in [0.3, 0.4) is 0 Å². The van der Waals surface area contributed by atoms with Crippen LogP contribution in [0, 0.1) is 23.2 Å². The summed E-state index contributed by atoms with van der Waals surface area (Å²) in [6.07, 6.45) is -3.29. The Morgan fingerprint density at radius 1 is 0.644 bits per heavy atom. The third-order valence-corrected chi connectivity index (χ3v) is 12.1. The molecule has 4 aliphatic rings. The number of hydrogen-bond acceptors (Lipinski definition) is 15. The number of esters is 7. The second-order valence-electron chi connectivity index (χ2n) is 16.7. The van der Waals surface area contributed by atoms with Gasteiger partial charge in [-0.1, -0.05) is 42.5 Å². The van der Waals surface area contributed by atoms with Crippen LogP contribution < -0.4 is 0 Å². The number of benzene rings is 2.